The summed E-state index contributed by atoms with van der Waals surface area (Å²) in [6.45, 7) is 0. The zero-order valence-corrected chi connectivity index (χ0v) is 11.3. The van der Waals surface area contributed by atoms with Crippen molar-refractivity contribution in [2.24, 2.45) is 0 Å². The second-order valence-electron chi connectivity index (χ2n) is 3.97. The zero-order valence-electron chi connectivity index (χ0n) is 9.82. The number of nitrogens with one attached hydrogen (secondary N) is 1. The van der Waals surface area contributed by atoms with Gasteiger partial charge in [-0.3, -0.25) is 9.59 Å². The Bertz CT molecular complexity index is 650. The minimum absolute atomic E-state index is 0.120. The molecular weight excluding hydrogens is 287 g/mol. The van der Waals surface area contributed by atoms with Gasteiger partial charge in [-0.15, -0.1) is 0 Å². The fourth-order valence-corrected chi connectivity index (χ4v) is 1.85. The molecule has 0 spiro atoms. The summed E-state index contributed by atoms with van der Waals surface area (Å²) in [6, 6.07) is 8.75. The number of carbonyl (C=O) groups is 1. The van der Waals surface area contributed by atoms with Gasteiger partial charge in [0.05, 0.1) is 5.69 Å². The molecule has 0 atom stereocenters. The van der Waals surface area contributed by atoms with Gasteiger partial charge in [0.15, 0.2) is 0 Å². The Morgan fingerprint density at radius 2 is 1.95 bits per heavy atom. The summed E-state index contributed by atoms with van der Waals surface area (Å²) >= 11 is 11.1. The molecule has 0 bridgehead atoms. The molecule has 0 radical (unpaired) electrons. The molecule has 0 fully saturated rings. The molecule has 1 N–H and O–H groups in total. The summed E-state index contributed by atoms with van der Waals surface area (Å²) in [6.07, 6.45) is 0.412. The fourth-order valence-electron chi connectivity index (χ4n) is 1.63. The highest BCUT2D eigenvalue weighted by molar-refractivity contribution is 6.63. The van der Waals surface area contributed by atoms with Crippen LogP contribution in [0.1, 0.15) is 12.0 Å². The molecule has 6 heteroatoms. The zero-order chi connectivity index (χ0) is 13.8. The first kappa shape index (κ1) is 13.8. The van der Waals surface area contributed by atoms with Gasteiger partial charge in [0, 0.05) is 22.6 Å². The van der Waals surface area contributed by atoms with Crippen molar-refractivity contribution in [2.75, 3.05) is 0 Å². The summed E-state index contributed by atoms with van der Waals surface area (Å²) in [5, 5.41) is 6.54. The Morgan fingerprint density at radius 1 is 1.26 bits per heavy atom. The van der Waals surface area contributed by atoms with Crippen LogP contribution < -0.4 is 5.56 Å². The highest BCUT2D eigenvalue weighted by Crippen LogP contribution is 2.19. The van der Waals surface area contributed by atoms with Crippen molar-refractivity contribution in [1.29, 1.82) is 0 Å². The van der Waals surface area contributed by atoms with Crippen LogP contribution in [0.25, 0.3) is 11.3 Å². The molecule has 0 saturated heterocycles. The molecule has 1 aromatic heterocycles. The lowest BCUT2D eigenvalue weighted by Crippen LogP contribution is -2.15. The summed E-state index contributed by atoms with van der Waals surface area (Å²) in [5.74, 6) is 0. The molecule has 19 heavy (non-hydrogen) atoms. The summed E-state index contributed by atoms with van der Waals surface area (Å²) < 4.78 is 0. The Labute approximate surface area is 119 Å². The van der Waals surface area contributed by atoms with Gasteiger partial charge in [0.1, 0.15) is 0 Å². The summed E-state index contributed by atoms with van der Waals surface area (Å²) in [5.41, 5.74) is 1.62. The van der Waals surface area contributed by atoms with Crippen LogP contribution in [0.2, 0.25) is 5.02 Å². The topological polar surface area (TPSA) is 62.8 Å². The van der Waals surface area contributed by atoms with Gasteiger partial charge in [0.2, 0.25) is 5.24 Å². The van der Waals surface area contributed by atoms with Crippen molar-refractivity contribution in [3.8, 4) is 11.3 Å². The molecule has 0 aliphatic heterocycles. The van der Waals surface area contributed by atoms with E-state index in [1.165, 1.54) is 0 Å². The monoisotopic (exact) mass is 296 g/mol. The maximum absolute atomic E-state index is 11.6. The number of benzene rings is 1. The number of halogens is 2. The van der Waals surface area contributed by atoms with Gasteiger partial charge in [-0.1, -0.05) is 23.7 Å². The highest BCUT2D eigenvalue weighted by atomic mass is 35.5. The number of nitrogens with zero attached hydrogens (tertiary/aromatic N) is 1. The van der Waals surface area contributed by atoms with Gasteiger partial charge in [-0.25, -0.2) is 5.10 Å². The number of H-pyrrole nitrogens is 1. The smallest absolute Gasteiger partial charge is 0.267 e. The quantitative estimate of drug-likeness (QED) is 0.883. The van der Waals surface area contributed by atoms with E-state index >= 15 is 0 Å². The third kappa shape index (κ3) is 3.66. The largest absolute Gasteiger partial charge is 0.281 e. The Morgan fingerprint density at radius 3 is 2.58 bits per heavy atom. The molecule has 1 aromatic carbocycles. The summed E-state index contributed by atoms with van der Waals surface area (Å²) in [4.78, 5) is 22.3. The van der Waals surface area contributed by atoms with Crippen LogP contribution in [0.15, 0.2) is 35.1 Å². The van der Waals surface area contributed by atoms with E-state index in [1.54, 1.807) is 30.3 Å². The van der Waals surface area contributed by atoms with Crippen LogP contribution in [0, 0.1) is 0 Å². The molecule has 1 heterocycles. The molecule has 0 saturated carbocycles. The standard InChI is InChI=1S/C13H10Cl2N2O2/c14-10-4-1-8(2-5-10)11-7-9(3-6-12(15)18)13(19)17-16-11/h1-2,4-5,7H,3,6H2,(H,17,19). The fraction of sp³-hybridized carbons (Fsp3) is 0.154. The van der Waals surface area contributed by atoms with Gasteiger partial charge in [-0.05, 0) is 36.2 Å². The first-order valence-corrected chi connectivity index (χ1v) is 6.35. The number of aromatic nitrogens is 2. The number of rotatable bonds is 4. The van der Waals surface area contributed by atoms with E-state index < -0.39 is 5.24 Å². The van der Waals surface area contributed by atoms with Crippen molar-refractivity contribution >= 4 is 28.4 Å². The predicted octanol–water partition coefficient (Wildman–Crippen LogP) is 2.79. The Balaban J connectivity index is 2.32. The molecular formula is C13H10Cl2N2O2. The van der Waals surface area contributed by atoms with E-state index in [4.69, 9.17) is 23.2 Å². The SMILES string of the molecule is O=C(Cl)CCc1cc(-c2ccc(Cl)cc2)n[nH]c1=O. The molecule has 4 nitrogen and oxygen atoms in total. The van der Waals surface area contributed by atoms with Gasteiger partial charge in [0.25, 0.3) is 5.56 Å². The van der Waals surface area contributed by atoms with Crippen molar-refractivity contribution in [1.82, 2.24) is 10.2 Å². The van der Waals surface area contributed by atoms with Crippen LogP contribution >= 0.6 is 23.2 Å². The Hall–Kier alpha value is -1.65. The first-order valence-electron chi connectivity index (χ1n) is 5.59. The van der Waals surface area contributed by atoms with Gasteiger partial charge < -0.3 is 0 Å². The van der Waals surface area contributed by atoms with Crippen LogP contribution in [-0.4, -0.2) is 15.4 Å². The molecule has 0 amide bonds. The lowest BCUT2D eigenvalue weighted by molar-refractivity contribution is -0.111. The van der Waals surface area contributed by atoms with Gasteiger partial charge >= 0.3 is 0 Å². The van der Waals surface area contributed by atoms with Crippen LogP contribution in [0.3, 0.4) is 0 Å². The first-order chi connectivity index (χ1) is 9.06. The summed E-state index contributed by atoms with van der Waals surface area (Å²) in [7, 11) is 0. The van der Waals surface area contributed by atoms with Crippen LogP contribution in [0.5, 0.6) is 0 Å². The lowest BCUT2D eigenvalue weighted by Gasteiger charge is -2.03. The maximum atomic E-state index is 11.6. The second-order valence-corrected chi connectivity index (χ2v) is 4.83. The van der Waals surface area contributed by atoms with E-state index in [1.807, 2.05) is 0 Å². The number of hydrogen-bond donors (Lipinski definition) is 1. The van der Waals surface area contributed by atoms with Crippen molar-refractivity contribution in [3.63, 3.8) is 0 Å². The highest BCUT2D eigenvalue weighted by Gasteiger charge is 2.07. The number of hydrogen-bond acceptors (Lipinski definition) is 3. The van der Waals surface area contributed by atoms with Gasteiger partial charge in [-0.2, -0.15) is 5.10 Å². The maximum Gasteiger partial charge on any atom is 0.267 e. The van der Waals surface area contributed by atoms with E-state index in [0.29, 0.717) is 22.7 Å². The lowest BCUT2D eigenvalue weighted by atomic mass is 10.1. The van der Waals surface area contributed by atoms with E-state index in [9.17, 15) is 9.59 Å². The van der Waals surface area contributed by atoms with Crippen LogP contribution in [0.4, 0.5) is 0 Å². The molecule has 0 aliphatic rings. The van der Waals surface area contributed by atoms with Crippen molar-refractivity contribution in [2.45, 2.75) is 12.8 Å². The molecule has 0 unspecified atom stereocenters. The predicted molar refractivity (Wildman–Crippen MR) is 74.5 cm³/mol. The molecule has 2 aromatic rings. The Kier molecular flexibility index (Phi) is 4.35. The average Bonchev–Trinajstić information content (AvgIpc) is 2.39. The van der Waals surface area contributed by atoms with E-state index in [2.05, 4.69) is 10.2 Å². The number of aryl methyl sites for hydroxylation is 1. The average molecular weight is 297 g/mol. The third-order valence-electron chi connectivity index (χ3n) is 2.61. The molecule has 0 aliphatic carbocycles. The van der Waals surface area contributed by atoms with Crippen molar-refractivity contribution < 1.29 is 4.79 Å². The number of aromatic amines is 1. The second kappa shape index (κ2) is 5.99. The normalized spacial score (nSPS) is 10.4. The minimum atomic E-state index is -0.468. The minimum Gasteiger partial charge on any atom is -0.281 e. The van der Waals surface area contributed by atoms with E-state index in [0.717, 1.165) is 5.56 Å². The van der Waals surface area contributed by atoms with Crippen molar-refractivity contribution in [3.05, 3.63) is 51.3 Å². The molecule has 98 valence electrons. The van der Waals surface area contributed by atoms with E-state index in [-0.39, 0.29) is 12.0 Å². The number of carbonyl (C=O) groups excluding carboxylic acids is 1. The molecule has 2 rings (SSSR count). The third-order valence-corrected chi connectivity index (χ3v) is 3.05. The van der Waals surface area contributed by atoms with Crippen LogP contribution in [-0.2, 0) is 11.2 Å².